The van der Waals surface area contributed by atoms with Gasteiger partial charge in [-0.2, -0.15) is 0 Å². The van der Waals surface area contributed by atoms with Gasteiger partial charge in [0, 0.05) is 5.56 Å². The number of aliphatic carboxylic acids is 1. The molecule has 0 aromatic heterocycles. The smallest absolute Gasteiger partial charge is 0.335 e. The van der Waals surface area contributed by atoms with Crippen molar-refractivity contribution in [2.24, 2.45) is 5.41 Å². The Balaban J connectivity index is 2.38. The number of aromatic carboxylic acids is 1. The third kappa shape index (κ3) is 2.25. The highest BCUT2D eigenvalue weighted by Gasteiger charge is 2.43. The zero-order valence-electron chi connectivity index (χ0n) is 10.4. The fourth-order valence-corrected chi connectivity index (χ4v) is 2.07. The maximum atomic E-state index is 12.4. The van der Waals surface area contributed by atoms with Crippen LogP contribution in [-0.4, -0.2) is 27.9 Å². The Morgan fingerprint density at radius 2 is 1.55 bits per heavy atom. The summed E-state index contributed by atoms with van der Waals surface area (Å²) in [5, 5.41) is 18.2. The van der Waals surface area contributed by atoms with Crippen molar-refractivity contribution in [3.8, 4) is 0 Å². The molecule has 0 fully saturated rings. The van der Waals surface area contributed by atoms with Crippen LogP contribution in [0.4, 0.5) is 0 Å². The van der Waals surface area contributed by atoms with E-state index in [0.717, 1.165) is 0 Å². The summed E-state index contributed by atoms with van der Waals surface area (Å²) in [5.74, 6) is -2.87. The third-order valence-electron chi connectivity index (χ3n) is 3.25. The van der Waals surface area contributed by atoms with Gasteiger partial charge in [-0.1, -0.05) is 36.4 Å². The van der Waals surface area contributed by atoms with E-state index in [-0.39, 0.29) is 17.5 Å². The second-order valence-electron chi connectivity index (χ2n) is 4.48. The Labute approximate surface area is 114 Å². The maximum Gasteiger partial charge on any atom is 0.335 e. The molecule has 0 amide bonds. The summed E-state index contributed by atoms with van der Waals surface area (Å²) in [6.45, 7) is 0. The first-order chi connectivity index (χ1) is 9.47. The molecule has 0 aliphatic heterocycles. The molecule has 2 rings (SSSR count). The summed E-state index contributed by atoms with van der Waals surface area (Å²) in [7, 11) is 0. The van der Waals surface area contributed by atoms with Crippen molar-refractivity contribution in [1.82, 2.24) is 0 Å². The van der Waals surface area contributed by atoms with E-state index in [9.17, 15) is 19.5 Å². The van der Waals surface area contributed by atoms with Gasteiger partial charge in [0.15, 0.2) is 11.2 Å². The second-order valence-corrected chi connectivity index (χ2v) is 4.48. The molecule has 5 heteroatoms. The molecule has 0 bridgehead atoms. The second kappa shape index (κ2) is 5.13. The van der Waals surface area contributed by atoms with Crippen LogP contribution >= 0.6 is 0 Å². The number of hydrogen-bond acceptors (Lipinski definition) is 3. The van der Waals surface area contributed by atoms with Crippen LogP contribution in [0.1, 0.15) is 27.1 Å². The van der Waals surface area contributed by atoms with Gasteiger partial charge in [0.2, 0.25) is 0 Å². The highest BCUT2D eigenvalue weighted by atomic mass is 16.4. The van der Waals surface area contributed by atoms with Crippen molar-refractivity contribution in [2.75, 3.05) is 0 Å². The molecule has 1 atom stereocenters. The number of hydrogen-bond donors (Lipinski definition) is 2. The third-order valence-corrected chi connectivity index (χ3v) is 3.25. The van der Waals surface area contributed by atoms with Gasteiger partial charge in [-0.05, 0) is 18.6 Å². The largest absolute Gasteiger partial charge is 0.480 e. The van der Waals surface area contributed by atoms with Crippen molar-refractivity contribution in [1.29, 1.82) is 0 Å². The number of benzene rings is 1. The fraction of sp³-hybridized carbons (Fsp3) is 0.133. The molecule has 1 aliphatic carbocycles. The number of carboxylic acids is 2. The number of carbonyl (C=O) groups is 3. The lowest BCUT2D eigenvalue weighted by Crippen LogP contribution is -2.38. The number of rotatable bonds is 4. The molecule has 1 aromatic rings. The predicted molar refractivity (Wildman–Crippen MR) is 70.7 cm³/mol. The summed E-state index contributed by atoms with van der Waals surface area (Å²) in [6, 6.07) is 5.24. The molecular weight excluding hydrogens is 260 g/mol. The van der Waals surface area contributed by atoms with E-state index in [1.807, 2.05) is 0 Å². The summed E-state index contributed by atoms with van der Waals surface area (Å²) in [5.41, 5.74) is -1.39. The van der Waals surface area contributed by atoms with Gasteiger partial charge in [-0.15, -0.1) is 0 Å². The average molecular weight is 272 g/mol. The van der Waals surface area contributed by atoms with Gasteiger partial charge >= 0.3 is 11.9 Å². The zero-order valence-corrected chi connectivity index (χ0v) is 10.4. The van der Waals surface area contributed by atoms with E-state index in [1.165, 1.54) is 36.4 Å². The molecule has 0 saturated heterocycles. The average Bonchev–Trinajstić information content (AvgIpc) is 2.47. The van der Waals surface area contributed by atoms with Gasteiger partial charge in [0.05, 0.1) is 5.56 Å². The van der Waals surface area contributed by atoms with E-state index in [0.29, 0.717) is 0 Å². The van der Waals surface area contributed by atoms with Crippen LogP contribution in [0.5, 0.6) is 0 Å². The van der Waals surface area contributed by atoms with E-state index in [1.54, 1.807) is 12.2 Å². The molecule has 0 heterocycles. The highest BCUT2D eigenvalue weighted by molar-refractivity contribution is 6.14. The molecule has 102 valence electrons. The van der Waals surface area contributed by atoms with Crippen LogP contribution in [0.15, 0.2) is 48.6 Å². The molecule has 0 radical (unpaired) electrons. The molecule has 2 N–H and O–H groups in total. The van der Waals surface area contributed by atoms with E-state index in [4.69, 9.17) is 5.11 Å². The minimum absolute atomic E-state index is 0.0463. The molecule has 5 nitrogen and oxygen atoms in total. The molecular formula is C15H12O5. The zero-order chi connectivity index (χ0) is 14.8. The Morgan fingerprint density at radius 1 is 0.950 bits per heavy atom. The first-order valence-corrected chi connectivity index (χ1v) is 5.93. The fourth-order valence-electron chi connectivity index (χ4n) is 2.07. The van der Waals surface area contributed by atoms with Crippen LogP contribution in [-0.2, 0) is 4.79 Å². The van der Waals surface area contributed by atoms with Gasteiger partial charge in [0.25, 0.3) is 0 Å². The summed E-state index contributed by atoms with van der Waals surface area (Å²) in [6.07, 6.45) is 6.28. The first kappa shape index (κ1) is 13.7. The first-order valence-electron chi connectivity index (χ1n) is 5.93. The van der Waals surface area contributed by atoms with Crippen LogP contribution in [0.2, 0.25) is 0 Å². The molecule has 1 aliphatic rings. The van der Waals surface area contributed by atoms with Crippen LogP contribution < -0.4 is 0 Å². The number of carbonyl (C=O) groups excluding carboxylic acids is 1. The van der Waals surface area contributed by atoms with Crippen molar-refractivity contribution in [3.63, 3.8) is 0 Å². The highest BCUT2D eigenvalue weighted by Crippen LogP contribution is 2.32. The molecule has 0 saturated carbocycles. The standard InChI is InChI=1S/C15H12O5/c16-12(10-4-6-11(7-5-10)13(17)18)15(14(19)20)8-2-1-3-9-15/h1-8H,9H2,(H,17,18)(H,19,20). The normalized spacial score (nSPS) is 20.6. The topological polar surface area (TPSA) is 91.7 Å². The lowest BCUT2D eigenvalue weighted by molar-refractivity contribution is -0.143. The lowest BCUT2D eigenvalue weighted by Gasteiger charge is -2.24. The number of ketones is 1. The van der Waals surface area contributed by atoms with E-state index >= 15 is 0 Å². The summed E-state index contributed by atoms with van der Waals surface area (Å²) >= 11 is 0. The van der Waals surface area contributed by atoms with Crippen molar-refractivity contribution in [2.45, 2.75) is 6.42 Å². The minimum Gasteiger partial charge on any atom is -0.480 e. The van der Waals surface area contributed by atoms with Crippen LogP contribution in [0.25, 0.3) is 0 Å². The number of carboxylic acid groups (broad SMARTS) is 2. The van der Waals surface area contributed by atoms with Gasteiger partial charge < -0.3 is 10.2 Å². The molecule has 1 aromatic carbocycles. The van der Waals surface area contributed by atoms with Crippen molar-refractivity contribution < 1.29 is 24.6 Å². The molecule has 1 unspecified atom stereocenters. The van der Waals surface area contributed by atoms with Crippen LogP contribution in [0, 0.1) is 5.41 Å². The SMILES string of the molecule is O=C(O)c1ccc(C(=O)C2(C(=O)O)C=CC=CC2)cc1. The van der Waals surface area contributed by atoms with E-state index < -0.39 is 23.1 Å². The Bertz CT molecular complexity index is 624. The number of Topliss-reactive ketones (excluding diaryl/α,β-unsaturated/α-hetero) is 1. The van der Waals surface area contributed by atoms with Gasteiger partial charge in [-0.25, -0.2) is 4.79 Å². The monoisotopic (exact) mass is 272 g/mol. The Morgan fingerprint density at radius 3 is 2.00 bits per heavy atom. The molecule has 20 heavy (non-hydrogen) atoms. The predicted octanol–water partition coefficient (Wildman–Crippen LogP) is 2.15. The Kier molecular flexibility index (Phi) is 3.52. The van der Waals surface area contributed by atoms with Gasteiger partial charge in [-0.3, -0.25) is 9.59 Å². The van der Waals surface area contributed by atoms with Crippen molar-refractivity contribution >= 4 is 17.7 Å². The van der Waals surface area contributed by atoms with Crippen LogP contribution in [0.3, 0.4) is 0 Å². The maximum absolute atomic E-state index is 12.4. The quantitative estimate of drug-likeness (QED) is 0.647. The van der Waals surface area contributed by atoms with E-state index in [2.05, 4.69) is 0 Å². The summed E-state index contributed by atoms with van der Waals surface area (Å²) < 4.78 is 0. The minimum atomic E-state index is -1.61. The Hall–Kier alpha value is -2.69. The summed E-state index contributed by atoms with van der Waals surface area (Å²) in [4.78, 5) is 34.7. The van der Waals surface area contributed by atoms with Crippen molar-refractivity contribution in [3.05, 3.63) is 59.7 Å². The lowest BCUT2D eigenvalue weighted by atomic mass is 9.75. The van der Waals surface area contributed by atoms with Gasteiger partial charge in [0.1, 0.15) is 0 Å². The number of allylic oxidation sites excluding steroid dienone is 3. The molecule has 0 spiro atoms.